The molecule has 0 aromatic heterocycles. The van der Waals surface area contributed by atoms with Crippen molar-refractivity contribution in [1.29, 1.82) is 0 Å². The zero-order valence-corrected chi connectivity index (χ0v) is 15.7. The molecule has 0 spiro atoms. The second kappa shape index (κ2) is 9.04. The smallest absolute Gasteiger partial charge is 0.413 e. The predicted molar refractivity (Wildman–Crippen MR) is 94.8 cm³/mol. The molecule has 142 valence electrons. The number of hydrogen-bond acceptors (Lipinski definition) is 8. The number of sulfone groups is 1. The first-order chi connectivity index (χ1) is 12.3. The van der Waals surface area contributed by atoms with Gasteiger partial charge in [-0.2, -0.15) is 0 Å². The second-order valence-corrected chi connectivity index (χ2v) is 9.05. The van der Waals surface area contributed by atoms with Gasteiger partial charge in [0.25, 0.3) is 5.91 Å². The van der Waals surface area contributed by atoms with Crippen LogP contribution in [-0.2, 0) is 24.1 Å². The Labute approximate surface area is 155 Å². The number of carbonyl (C=O) groups is 3. The van der Waals surface area contributed by atoms with Crippen LogP contribution in [0.15, 0.2) is 29.2 Å². The standard InChI is InChI=1S/C16H19NO7S2/c1-2-23-16(20)17-14(18)9-24-15(19)12-5-3-4-6-13(12)25-11-7-8-26(21,22)10-11/h3-6,11H,2,7-10H2,1H3,(H,17,18,20)/t11-/m1/s1. The molecule has 2 rings (SSSR count). The summed E-state index contributed by atoms with van der Waals surface area (Å²) < 4.78 is 32.6. The fourth-order valence-electron chi connectivity index (χ4n) is 2.30. The Bertz CT molecular complexity index is 792. The first-order valence-corrected chi connectivity index (χ1v) is 10.6. The van der Waals surface area contributed by atoms with Crippen LogP contribution >= 0.6 is 11.8 Å². The first kappa shape index (κ1) is 20.2. The van der Waals surface area contributed by atoms with Crippen molar-refractivity contribution >= 4 is 39.6 Å². The first-order valence-electron chi connectivity index (χ1n) is 7.90. The molecule has 0 bridgehead atoms. The molecule has 8 nitrogen and oxygen atoms in total. The van der Waals surface area contributed by atoms with Gasteiger partial charge in [-0.1, -0.05) is 12.1 Å². The number of benzene rings is 1. The van der Waals surface area contributed by atoms with Crippen LogP contribution in [0.2, 0.25) is 0 Å². The average Bonchev–Trinajstić information content (AvgIpc) is 2.92. The summed E-state index contributed by atoms with van der Waals surface area (Å²) in [6, 6.07) is 6.61. The molecule has 0 aliphatic carbocycles. The SMILES string of the molecule is CCOC(=O)NC(=O)COC(=O)c1ccccc1S[C@@H]1CCS(=O)(=O)C1. The van der Waals surface area contributed by atoms with Gasteiger partial charge >= 0.3 is 12.1 Å². The molecule has 1 aromatic rings. The number of amides is 2. The third kappa shape index (κ3) is 6.03. The Morgan fingerprint density at radius 3 is 2.62 bits per heavy atom. The highest BCUT2D eigenvalue weighted by atomic mass is 32.2. The number of alkyl carbamates (subject to hydrolysis) is 1. The van der Waals surface area contributed by atoms with E-state index < -0.39 is 34.4 Å². The van der Waals surface area contributed by atoms with Crippen LogP contribution in [0.25, 0.3) is 0 Å². The van der Waals surface area contributed by atoms with Gasteiger partial charge in [-0.05, 0) is 25.5 Å². The lowest BCUT2D eigenvalue weighted by atomic mass is 10.2. The number of esters is 1. The molecule has 1 aliphatic heterocycles. The molecule has 0 radical (unpaired) electrons. The van der Waals surface area contributed by atoms with E-state index in [1.807, 2.05) is 5.32 Å². The molecule has 1 N–H and O–H groups in total. The van der Waals surface area contributed by atoms with Gasteiger partial charge in [-0.3, -0.25) is 10.1 Å². The summed E-state index contributed by atoms with van der Waals surface area (Å²) in [5, 5.41) is 1.80. The monoisotopic (exact) mass is 401 g/mol. The van der Waals surface area contributed by atoms with Crippen molar-refractivity contribution in [2.75, 3.05) is 24.7 Å². The van der Waals surface area contributed by atoms with Gasteiger partial charge < -0.3 is 9.47 Å². The van der Waals surface area contributed by atoms with Crippen molar-refractivity contribution in [3.63, 3.8) is 0 Å². The maximum absolute atomic E-state index is 12.2. The van der Waals surface area contributed by atoms with Crippen LogP contribution in [-0.4, -0.2) is 56.4 Å². The Morgan fingerprint density at radius 2 is 1.96 bits per heavy atom. The lowest BCUT2D eigenvalue weighted by Crippen LogP contribution is -2.34. The van der Waals surface area contributed by atoms with Gasteiger partial charge in [0.05, 0.1) is 23.7 Å². The number of thioether (sulfide) groups is 1. The quantitative estimate of drug-likeness (QED) is 0.711. The summed E-state index contributed by atoms with van der Waals surface area (Å²) in [6.45, 7) is 1.07. The molecule has 1 atom stereocenters. The van der Waals surface area contributed by atoms with Crippen molar-refractivity contribution in [3.05, 3.63) is 29.8 Å². The van der Waals surface area contributed by atoms with Crippen LogP contribution in [0.3, 0.4) is 0 Å². The summed E-state index contributed by atoms with van der Waals surface area (Å²) in [5.74, 6) is -1.31. The number of hydrogen-bond donors (Lipinski definition) is 1. The normalized spacial score (nSPS) is 18.1. The fourth-order valence-corrected chi connectivity index (χ4v) is 5.91. The minimum absolute atomic E-state index is 0.0724. The maximum atomic E-state index is 12.2. The van der Waals surface area contributed by atoms with Crippen molar-refractivity contribution < 1.29 is 32.3 Å². The third-order valence-corrected chi connectivity index (χ3v) is 6.77. The van der Waals surface area contributed by atoms with Gasteiger partial charge in [-0.25, -0.2) is 18.0 Å². The van der Waals surface area contributed by atoms with Gasteiger partial charge in [0, 0.05) is 10.1 Å². The van der Waals surface area contributed by atoms with Crippen molar-refractivity contribution in [2.24, 2.45) is 0 Å². The summed E-state index contributed by atoms with van der Waals surface area (Å²) in [6.07, 6.45) is -0.384. The molecule has 0 saturated carbocycles. The predicted octanol–water partition coefficient (Wildman–Crippen LogP) is 1.40. The van der Waals surface area contributed by atoms with E-state index in [-0.39, 0.29) is 28.9 Å². The number of nitrogens with one attached hydrogen (secondary N) is 1. The van der Waals surface area contributed by atoms with Crippen LogP contribution in [0.4, 0.5) is 4.79 Å². The van der Waals surface area contributed by atoms with E-state index in [4.69, 9.17) is 4.74 Å². The molecule has 1 heterocycles. The Balaban J connectivity index is 1.95. The van der Waals surface area contributed by atoms with Crippen LogP contribution < -0.4 is 5.32 Å². The van der Waals surface area contributed by atoms with E-state index in [0.29, 0.717) is 11.3 Å². The number of imide groups is 1. The lowest BCUT2D eigenvalue weighted by molar-refractivity contribution is -0.123. The van der Waals surface area contributed by atoms with Gasteiger partial charge in [0.15, 0.2) is 16.4 Å². The highest BCUT2D eigenvalue weighted by Gasteiger charge is 2.29. The maximum Gasteiger partial charge on any atom is 0.413 e. The van der Waals surface area contributed by atoms with E-state index in [0.717, 1.165) is 0 Å². The van der Waals surface area contributed by atoms with Crippen LogP contribution in [0.5, 0.6) is 0 Å². The summed E-state index contributed by atoms with van der Waals surface area (Å²) in [4.78, 5) is 35.5. The highest BCUT2D eigenvalue weighted by Crippen LogP contribution is 2.33. The van der Waals surface area contributed by atoms with E-state index >= 15 is 0 Å². The van der Waals surface area contributed by atoms with Gasteiger partial charge in [0.1, 0.15) is 0 Å². The molecule has 1 aliphatic rings. The average molecular weight is 401 g/mol. The van der Waals surface area contributed by atoms with Crippen molar-refractivity contribution in [1.82, 2.24) is 5.32 Å². The highest BCUT2D eigenvalue weighted by molar-refractivity contribution is 8.02. The van der Waals surface area contributed by atoms with E-state index in [9.17, 15) is 22.8 Å². The Kier molecular flexibility index (Phi) is 7.04. The minimum Gasteiger partial charge on any atom is -0.452 e. The second-order valence-electron chi connectivity index (χ2n) is 5.48. The van der Waals surface area contributed by atoms with Crippen molar-refractivity contribution in [3.8, 4) is 0 Å². The third-order valence-electron chi connectivity index (χ3n) is 3.44. The topological polar surface area (TPSA) is 116 Å². The number of carbonyl (C=O) groups excluding carboxylic acids is 3. The summed E-state index contributed by atoms with van der Waals surface area (Å²) >= 11 is 1.31. The molecule has 2 amide bonds. The van der Waals surface area contributed by atoms with Crippen LogP contribution in [0.1, 0.15) is 23.7 Å². The summed E-state index contributed by atoms with van der Waals surface area (Å²) in [7, 11) is -3.02. The van der Waals surface area contributed by atoms with Crippen LogP contribution in [0, 0.1) is 0 Å². The fraction of sp³-hybridized carbons (Fsp3) is 0.438. The molecular weight excluding hydrogens is 382 g/mol. The number of ether oxygens (including phenoxy) is 2. The zero-order chi connectivity index (χ0) is 19.2. The van der Waals surface area contributed by atoms with Gasteiger partial charge in [0.2, 0.25) is 0 Å². The van der Waals surface area contributed by atoms with E-state index in [1.165, 1.54) is 17.8 Å². The zero-order valence-electron chi connectivity index (χ0n) is 14.1. The molecule has 1 saturated heterocycles. The minimum atomic E-state index is -3.02. The molecule has 26 heavy (non-hydrogen) atoms. The molecule has 0 unspecified atom stereocenters. The lowest BCUT2D eigenvalue weighted by Gasteiger charge is -2.12. The molecule has 1 aromatic carbocycles. The molecule has 10 heteroatoms. The number of rotatable bonds is 6. The Morgan fingerprint density at radius 1 is 1.23 bits per heavy atom. The van der Waals surface area contributed by atoms with E-state index in [1.54, 1.807) is 25.1 Å². The van der Waals surface area contributed by atoms with Crippen molar-refractivity contribution in [2.45, 2.75) is 23.5 Å². The van der Waals surface area contributed by atoms with Gasteiger partial charge in [-0.15, -0.1) is 11.8 Å². The Hall–Kier alpha value is -2.07. The molecule has 1 fully saturated rings. The molecular formula is C16H19NO7S2. The largest absolute Gasteiger partial charge is 0.452 e. The van der Waals surface area contributed by atoms with E-state index in [2.05, 4.69) is 4.74 Å². The summed E-state index contributed by atoms with van der Waals surface area (Å²) in [5.41, 5.74) is 0.241.